The van der Waals surface area contributed by atoms with Crippen molar-refractivity contribution in [1.82, 2.24) is 14.8 Å². The van der Waals surface area contributed by atoms with Gasteiger partial charge in [-0.15, -0.1) is 0 Å². The Bertz CT molecular complexity index is 1100. The third kappa shape index (κ3) is 2.22. The molecule has 0 saturated carbocycles. The van der Waals surface area contributed by atoms with Crippen LogP contribution in [0, 0.1) is 0 Å². The first-order chi connectivity index (χ1) is 11.2. The fourth-order valence-electron chi connectivity index (χ4n) is 2.66. The van der Waals surface area contributed by atoms with Gasteiger partial charge < -0.3 is 4.74 Å². The average Bonchev–Trinajstić information content (AvgIpc) is 2.92. The van der Waals surface area contributed by atoms with E-state index in [0.717, 1.165) is 26.6 Å². The first-order valence-corrected chi connectivity index (χ1v) is 7.80. The molecular formula is C17H12BrN3O2. The van der Waals surface area contributed by atoms with Crippen LogP contribution in [0.3, 0.4) is 0 Å². The van der Waals surface area contributed by atoms with Gasteiger partial charge in [0.25, 0.3) is 5.56 Å². The van der Waals surface area contributed by atoms with Crippen LogP contribution in [0.4, 0.5) is 0 Å². The normalized spacial score (nSPS) is 11.2. The van der Waals surface area contributed by atoms with E-state index < -0.39 is 0 Å². The summed E-state index contributed by atoms with van der Waals surface area (Å²) < 4.78 is 7.69. The predicted molar refractivity (Wildman–Crippen MR) is 93.4 cm³/mol. The van der Waals surface area contributed by atoms with E-state index in [1.165, 1.54) is 4.68 Å². The highest BCUT2D eigenvalue weighted by atomic mass is 79.9. The van der Waals surface area contributed by atoms with Gasteiger partial charge in [-0.05, 0) is 30.3 Å². The SMILES string of the molecule is COc1cccc(-n2[nH]c3c(cnc4cc(Br)ccc43)c2=O)c1. The highest BCUT2D eigenvalue weighted by Gasteiger charge is 2.12. The number of halogens is 1. The topological polar surface area (TPSA) is 59.9 Å². The minimum absolute atomic E-state index is 0.134. The Labute approximate surface area is 139 Å². The lowest BCUT2D eigenvalue weighted by Crippen LogP contribution is -2.14. The van der Waals surface area contributed by atoms with Crippen LogP contribution >= 0.6 is 15.9 Å². The van der Waals surface area contributed by atoms with E-state index in [9.17, 15) is 4.79 Å². The largest absolute Gasteiger partial charge is 0.497 e. The summed E-state index contributed by atoms with van der Waals surface area (Å²) in [6.45, 7) is 0. The van der Waals surface area contributed by atoms with Crippen molar-refractivity contribution >= 4 is 37.7 Å². The Morgan fingerprint density at radius 1 is 1.17 bits per heavy atom. The Balaban J connectivity index is 2.03. The third-order valence-electron chi connectivity index (χ3n) is 3.80. The lowest BCUT2D eigenvalue weighted by Gasteiger charge is -2.04. The van der Waals surface area contributed by atoms with Gasteiger partial charge in [-0.1, -0.05) is 22.0 Å². The molecule has 1 N–H and O–H groups in total. The van der Waals surface area contributed by atoms with Gasteiger partial charge >= 0.3 is 0 Å². The standard InChI is InChI=1S/C17H12BrN3O2/c1-23-12-4-2-3-11(8-12)21-17(22)14-9-19-15-7-10(18)5-6-13(15)16(14)20-21/h2-9,20H,1H3. The highest BCUT2D eigenvalue weighted by Crippen LogP contribution is 2.24. The quantitative estimate of drug-likeness (QED) is 0.586. The molecule has 4 aromatic rings. The molecule has 0 atom stereocenters. The summed E-state index contributed by atoms with van der Waals surface area (Å²) in [6.07, 6.45) is 1.61. The zero-order valence-electron chi connectivity index (χ0n) is 12.2. The predicted octanol–water partition coefficient (Wildman–Crippen LogP) is 3.64. The van der Waals surface area contributed by atoms with Crippen molar-refractivity contribution in [3.63, 3.8) is 0 Å². The molecule has 5 nitrogen and oxygen atoms in total. The van der Waals surface area contributed by atoms with Crippen molar-refractivity contribution in [2.45, 2.75) is 0 Å². The second kappa shape index (κ2) is 5.24. The molecule has 0 spiro atoms. The lowest BCUT2D eigenvalue weighted by atomic mass is 10.2. The summed E-state index contributed by atoms with van der Waals surface area (Å²) in [7, 11) is 1.60. The number of hydrogen-bond donors (Lipinski definition) is 1. The molecule has 0 aliphatic carbocycles. The highest BCUT2D eigenvalue weighted by molar-refractivity contribution is 9.10. The summed E-state index contributed by atoms with van der Waals surface area (Å²) in [6, 6.07) is 13.2. The van der Waals surface area contributed by atoms with Crippen LogP contribution < -0.4 is 10.3 Å². The van der Waals surface area contributed by atoms with Gasteiger partial charge in [-0.2, -0.15) is 0 Å². The van der Waals surface area contributed by atoms with Crippen LogP contribution in [0.5, 0.6) is 5.75 Å². The maximum absolute atomic E-state index is 12.7. The maximum atomic E-state index is 12.7. The average molecular weight is 370 g/mol. The van der Waals surface area contributed by atoms with Crippen LogP contribution in [0.25, 0.3) is 27.5 Å². The van der Waals surface area contributed by atoms with Gasteiger partial charge in [0.2, 0.25) is 0 Å². The molecule has 0 radical (unpaired) electrons. The smallest absolute Gasteiger partial charge is 0.280 e. The number of fused-ring (bicyclic) bond motifs is 3. The zero-order valence-corrected chi connectivity index (χ0v) is 13.8. The summed E-state index contributed by atoms with van der Waals surface area (Å²) in [4.78, 5) is 17.1. The first-order valence-electron chi connectivity index (χ1n) is 7.01. The number of rotatable bonds is 2. The van der Waals surface area contributed by atoms with E-state index in [4.69, 9.17) is 4.74 Å². The Kier molecular flexibility index (Phi) is 3.20. The zero-order chi connectivity index (χ0) is 16.0. The van der Waals surface area contributed by atoms with Crippen molar-refractivity contribution in [2.24, 2.45) is 0 Å². The molecule has 0 aliphatic heterocycles. The van der Waals surface area contributed by atoms with Gasteiger partial charge in [0, 0.05) is 22.1 Å². The Hall–Kier alpha value is -2.60. The van der Waals surface area contributed by atoms with Crippen molar-refractivity contribution in [3.05, 3.63) is 63.5 Å². The summed E-state index contributed by atoms with van der Waals surface area (Å²) in [5, 5.41) is 4.65. The van der Waals surface area contributed by atoms with Crippen LogP contribution in [-0.2, 0) is 0 Å². The molecule has 0 amide bonds. The van der Waals surface area contributed by atoms with Crippen LogP contribution in [0.15, 0.2) is 57.9 Å². The molecule has 0 unspecified atom stereocenters. The van der Waals surface area contributed by atoms with Gasteiger partial charge in [0.1, 0.15) is 5.75 Å². The number of nitrogens with zero attached hydrogens (tertiary/aromatic N) is 2. The molecule has 0 aliphatic rings. The van der Waals surface area contributed by atoms with E-state index >= 15 is 0 Å². The second-order valence-electron chi connectivity index (χ2n) is 5.16. The van der Waals surface area contributed by atoms with E-state index in [1.54, 1.807) is 13.3 Å². The first kappa shape index (κ1) is 14.0. The number of benzene rings is 2. The lowest BCUT2D eigenvalue weighted by molar-refractivity contribution is 0.414. The minimum Gasteiger partial charge on any atom is -0.497 e. The third-order valence-corrected chi connectivity index (χ3v) is 4.29. The summed E-state index contributed by atoms with van der Waals surface area (Å²) in [5.74, 6) is 0.694. The van der Waals surface area contributed by atoms with Crippen molar-refractivity contribution in [3.8, 4) is 11.4 Å². The molecule has 6 heteroatoms. The summed E-state index contributed by atoms with van der Waals surface area (Å²) in [5.41, 5.74) is 2.18. The number of pyridine rings is 1. The molecule has 4 rings (SSSR count). The fraction of sp³-hybridized carbons (Fsp3) is 0.0588. The van der Waals surface area contributed by atoms with E-state index in [1.807, 2.05) is 42.5 Å². The number of hydrogen-bond acceptors (Lipinski definition) is 3. The van der Waals surface area contributed by atoms with E-state index in [-0.39, 0.29) is 5.56 Å². The minimum atomic E-state index is -0.134. The van der Waals surface area contributed by atoms with Crippen LogP contribution in [-0.4, -0.2) is 21.9 Å². The van der Waals surface area contributed by atoms with Crippen LogP contribution in [0.1, 0.15) is 0 Å². The molecule has 114 valence electrons. The second-order valence-corrected chi connectivity index (χ2v) is 6.08. The molecule has 2 aromatic heterocycles. The van der Waals surface area contributed by atoms with Gasteiger partial charge in [-0.3, -0.25) is 14.9 Å². The molecule has 0 bridgehead atoms. The van der Waals surface area contributed by atoms with Crippen molar-refractivity contribution < 1.29 is 4.74 Å². The fourth-order valence-corrected chi connectivity index (χ4v) is 3.01. The van der Waals surface area contributed by atoms with Crippen molar-refractivity contribution in [2.75, 3.05) is 7.11 Å². The number of H-pyrrole nitrogens is 1. The van der Waals surface area contributed by atoms with Crippen molar-refractivity contribution in [1.29, 1.82) is 0 Å². The molecule has 2 heterocycles. The molecule has 23 heavy (non-hydrogen) atoms. The molecule has 2 aromatic carbocycles. The number of ether oxygens (including phenoxy) is 1. The maximum Gasteiger partial charge on any atom is 0.280 e. The Morgan fingerprint density at radius 2 is 2.04 bits per heavy atom. The number of aromatic amines is 1. The number of aromatic nitrogens is 3. The van der Waals surface area contributed by atoms with Gasteiger partial charge in [-0.25, -0.2) is 4.68 Å². The van der Waals surface area contributed by atoms with Gasteiger partial charge in [0.15, 0.2) is 0 Å². The Morgan fingerprint density at radius 3 is 2.87 bits per heavy atom. The molecule has 0 fully saturated rings. The number of nitrogens with one attached hydrogen (secondary N) is 1. The number of methoxy groups -OCH3 is 1. The van der Waals surface area contributed by atoms with E-state index in [2.05, 4.69) is 26.0 Å². The monoisotopic (exact) mass is 369 g/mol. The van der Waals surface area contributed by atoms with E-state index in [0.29, 0.717) is 11.1 Å². The van der Waals surface area contributed by atoms with Crippen LogP contribution in [0.2, 0.25) is 0 Å². The summed E-state index contributed by atoms with van der Waals surface area (Å²) >= 11 is 3.44. The van der Waals surface area contributed by atoms with Gasteiger partial charge in [0.05, 0.1) is 29.2 Å². The molecular weight excluding hydrogens is 358 g/mol. The molecule has 0 saturated heterocycles.